The molecule has 2 fully saturated rings. The van der Waals surface area contributed by atoms with E-state index in [1.165, 1.54) is 17.5 Å². The van der Waals surface area contributed by atoms with Gasteiger partial charge in [0.25, 0.3) is 0 Å². The molecule has 1 saturated heterocycles. The van der Waals surface area contributed by atoms with Gasteiger partial charge in [0.15, 0.2) is 0 Å². The third kappa shape index (κ3) is 8.75. The quantitative estimate of drug-likeness (QED) is 0.280. The average molecular weight is 555 g/mol. The number of likely N-dealkylation sites (tertiary alicyclic amines) is 1. The lowest BCUT2D eigenvalue weighted by atomic mass is 9.74. The highest BCUT2D eigenvalue weighted by molar-refractivity contribution is 5.95. The van der Waals surface area contributed by atoms with Crippen molar-refractivity contribution >= 4 is 35.8 Å². The average Bonchev–Trinajstić information content (AvgIpc) is 2.94. The number of rotatable bonds is 13. The highest BCUT2D eigenvalue weighted by atomic mass is 16.2. The topological polar surface area (TPSA) is 90.0 Å². The zero-order valence-electron chi connectivity index (χ0n) is 25.4. The predicted molar refractivity (Wildman–Crippen MR) is 163 cm³/mol. The molecule has 2 amide bonds. The number of hydrogen-bond acceptors (Lipinski definition) is 6. The Morgan fingerprint density at radius 3 is 2.23 bits per heavy atom. The van der Waals surface area contributed by atoms with Gasteiger partial charge in [-0.15, -0.1) is 0 Å². The standard InChI is InChI=1S/C28H42N4O4.C4H8/c1-5-7-27(35)22-16-23(17-22)31-13-11-20(12-14-31)21-9-10-24(26(18-21)30(3)4)32(19-34)25(8-6-15-33)28(36)29-2;1-3-4-2/h9-10,15,18-20,22-23,25H,5-8,11-14,16-17H2,1-4H3,(H,29,36);3-4H,1-2H3/b;4-3-. The van der Waals surface area contributed by atoms with Crippen molar-refractivity contribution in [1.82, 2.24) is 10.2 Å². The van der Waals surface area contributed by atoms with Crippen molar-refractivity contribution in [3.63, 3.8) is 0 Å². The normalized spacial score (nSPS) is 20.1. The lowest BCUT2D eigenvalue weighted by molar-refractivity contribution is -0.128. The summed E-state index contributed by atoms with van der Waals surface area (Å²) in [5.41, 5.74) is 2.77. The number of ketones is 1. The van der Waals surface area contributed by atoms with Crippen molar-refractivity contribution in [1.29, 1.82) is 0 Å². The van der Waals surface area contributed by atoms with E-state index in [0.717, 1.165) is 57.2 Å². The fraction of sp³-hybridized carbons (Fsp3) is 0.625. The number of nitrogens with one attached hydrogen (secondary N) is 1. The first-order valence-corrected chi connectivity index (χ1v) is 14.8. The molecule has 8 heteroatoms. The molecule has 1 aromatic rings. The summed E-state index contributed by atoms with van der Waals surface area (Å²) in [7, 11) is 5.40. The number of Topliss-reactive ketones (excluding diaryl/α,β-unsaturated/α-hetero) is 1. The van der Waals surface area contributed by atoms with Crippen LogP contribution in [0, 0.1) is 5.92 Å². The predicted octanol–water partition coefficient (Wildman–Crippen LogP) is 4.72. The first kappa shape index (κ1) is 33.2. The number of aldehydes is 1. The molecule has 1 saturated carbocycles. The molecule has 0 aromatic heterocycles. The van der Waals surface area contributed by atoms with E-state index in [-0.39, 0.29) is 24.7 Å². The van der Waals surface area contributed by atoms with Crippen molar-refractivity contribution in [3.05, 3.63) is 35.9 Å². The maximum Gasteiger partial charge on any atom is 0.242 e. The summed E-state index contributed by atoms with van der Waals surface area (Å²) in [5, 5.41) is 2.62. The molecule has 1 aliphatic carbocycles. The van der Waals surface area contributed by atoms with Crippen molar-refractivity contribution in [2.45, 2.75) is 90.1 Å². The zero-order valence-corrected chi connectivity index (χ0v) is 25.4. The Morgan fingerprint density at radius 2 is 1.73 bits per heavy atom. The zero-order chi connectivity index (χ0) is 29.7. The minimum Gasteiger partial charge on any atom is -0.376 e. The third-order valence-electron chi connectivity index (χ3n) is 8.23. The minimum atomic E-state index is -0.749. The molecule has 1 unspecified atom stereocenters. The monoisotopic (exact) mass is 554 g/mol. The second kappa shape index (κ2) is 17.0. The van der Waals surface area contributed by atoms with Gasteiger partial charge in [0.2, 0.25) is 12.3 Å². The van der Waals surface area contributed by atoms with Gasteiger partial charge in [-0.1, -0.05) is 25.1 Å². The summed E-state index contributed by atoms with van der Waals surface area (Å²) in [4.78, 5) is 53.7. The van der Waals surface area contributed by atoms with Crippen molar-refractivity contribution < 1.29 is 19.2 Å². The number of hydrogen-bond donors (Lipinski definition) is 1. The van der Waals surface area contributed by atoms with Gasteiger partial charge in [-0.25, -0.2) is 0 Å². The molecule has 40 heavy (non-hydrogen) atoms. The van der Waals surface area contributed by atoms with Gasteiger partial charge in [0.05, 0.1) is 11.4 Å². The van der Waals surface area contributed by atoms with E-state index in [1.807, 2.05) is 51.1 Å². The summed E-state index contributed by atoms with van der Waals surface area (Å²) in [6.45, 7) is 8.14. The van der Waals surface area contributed by atoms with Crippen LogP contribution in [0.5, 0.6) is 0 Å². The highest BCUT2D eigenvalue weighted by Gasteiger charge is 2.38. The molecule has 1 aromatic carbocycles. The van der Waals surface area contributed by atoms with Crippen LogP contribution in [-0.2, 0) is 19.2 Å². The van der Waals surface area contributed by atoms with Gasteiger partial charge in [0, 0.05) is 45.9 Å². The Labute approximate surface area is 241 Å². The Balaban J connectivity index is 0.00000131. The maximum atomic E-state index is 12.5. The van der Waals surface area contributed by atoms with E-state index in [1.54, 1.807) is 0 Å². The molecule has 0 radical (unpaired) electrons. The van der Waals surface area contributed by atoms with Crippen molar-refractivity contribution in [2.24, 2.45) is 5.92 Å². The molecule has 0 bridgehead atoms. The number of likely N-dealkylation sites (N-methyl/N-ethyl adjacent to an activating group) is 1. The highest BCUT2D eigenvalue weighted by Crippen LogP contribution is 2.39. The number of amides is 2. The molecule has 1 aliphatic heterocycles. The number of allylic oxidation sites excluding steroid dienone is 2. The van der Waals surface area contributed by atoms with Crippen LogP contribution in [0.25, 0.3) is 0 Å². The van der Waals surface area contributed by atoms with Crippen LogP contribution in [0.3, 0.4) is 0 Å². The number of carbonyl (C=O) groups is 4. The molecule has 222 valence electrons. The second-order valence-corrected chi connectivity index (χ2v) is 11.0. The van der Waals surface area contributed by atoms with E-state index in [9.17, 15) is 19.2 Å². The number of piperidine rings is 1. The van der Waals surface area contributed by atoms with Crippen molar-refractivity contribution in [3.8, 4) is 0 Å². The largest absolute Gasteiger partial charge is 0.376 e. The van der Waals surface area contributed by atoms with Crippen LogP contribution >= 0.6 is 0 Å². The summed E-state index contributed by atoms with van der Waals surface area (Å²) < 4.78 is 0. The SMILES string of the molecule is C/C=C\C.CCCC(=O)C1CC(N2CCC(c3ccc(N(C=O)C(CCC=O)C(=O)NC)c(N(C)C)c3)CC2)C1. The molecular formula is C32H50N4O4. The molecule has 2 aliphatic rings. The molecule has 8 nitrogen and oxygen atoms in total. The Kier molecular flexibility index (Phi) is 14.1. The maximum absolute atomic E-state index is 12.5. The van der Waals surface area contributed by atoms with Crippen molar-refractivity contribution in [2.75, 3.05) is 44.0 Å². The molecule has 3 rings (SSSR count). The van der Waals surface area contributed by atoms with Gasteiger partial charge in [-0.2, -0.15) is 0 Å². The number of anilines is 2. The van der Waals surface area contributed by atoms with Crippen LogP contribution in [0.4, 0.5) is 11.4 Å². The first-order chi connectivity index (χ1) is 19.3. The smallest absolute Gasteiger partial charge is 0.242 e. The lowest BCUT2D eigenvalue weighted by Gasteiger charge is -2.45. The molecular weight excluding hydrogens is 504 g/mol. The number of benzene rings is 1. The number of carbonyl (C=O) groups excluding carboxylic acids is 4. The van der Waals surface area contributed by atoms with Crippen LogP contribution < -0.4 is 15.1 Å². The third-order valence-corrected chi connectivity index (χ3v) is 8.23. The van der Waals surface area contributed by atoms with Gasteiger partial charge < -0.3 is 24.8 Å². The van der Waals surface area contributed by atoms with Gasteiger partial charge in [0.1, 0.15) is 18.1 Å². The van der Waals surface area contributed by atoms with Crippen LogP contribution in [0.2, 0.25) is 0 Å². The molecule has 1 N–H and O–H groups in total. The lowest BCUT2D eigenvalue weighted by Crippen LogP contribution is -2.49. The van der Waals surface area contributed by atoms with Gasteiger partial charge in [-0.05, 0) is 89.1 Å². The first-order valence-electron chi connectivity index (χ1n) is 14.8. The Hall–Kier alpha value is -3.00. The van der Waals surface area contributed by atoms with Crippen LogP contribution in [0.15, 0.2) is 30.4 Å². The molecule has 1 heterocycles. The van der Waals surface area contributed by atoms with Gasteiger partial charge >= 0.3 is 0 Å². The fourth-order valence-corrected chi connectivity index (χ4v) is 5.66. The second-order valence-electron chi connectivity index (χ2n) is 11.0. The minimum absolute atomic E-state index is 0.199. The van der Waals surface area contributed by atoms with E-state index in [2.05, 4.69) is 29.3 Å². The number of nitrogens with zero attached hydrogens (tertiary/aromatic N) is 3. The summed E-state index contributed by atoms with van der Waals surface area (Å²) in [6, 6.07) is 5.93. The summed E-state index contributed by atoms with van der Waals surface area (Å²) in [5.74, 6) is 0.851. The Bertz CT molecular complexity index is 991. The van der Waals surface area contributed by atoms with E-state index >= 15 is 0 Å². The molecule has 1 atom stereocenters. The summed E-state index contributed by atoms with van der Waals surface area (Å²) in [6.07, 6.45) is 11.7. The fourth-order valence-electron chi connectivity index (χ4n) is 5.66. The molecule has 0 spiro atoms. The van der Waals surface area contributed by atoms with E-state index in [0.29, 0.717) is 36.3 Å². The van der Waals surface area contributed by atoms with E-state index < -0.39 is 6.04 Å². The Morgan fingerprint density at radius 1 is 1.07 bits per heavy atom. The van der Waals surface area contributed by atoms with Gasteiger partial charge in [-0.3, -0.25) is 14.4 Å². The van der Waals surface area contributed by atoms with E-state index in [4.69, 9.17) is 0 Å². The van der Waals surface area contributed by atoms with Crippen LogP contribution in [0.1, 0.15) is 83.6 Å². The van der Waals surface area contributed by atoms with Crippen LogP contribution in [-0.4, -0.2) is 75.6 Å². The summed E-state index contributed by atoms with van der Waals surface area (Å²) >= 11 is 0.